The molecule has 4 N–H and O–H groups in total. The Labute approximate surface area is 281 Å². The number of benzene rings is 2. The highest BCUT2D eigenvalue weighted by atomic mass is 28.4. The van der Waals surface area contributed by atoms with Gasteiger partial charge in [-0.3, -0.25) is 29.4 Å². The van der Waals surface area contributed by atoms with Crippen molar-refractivity contribution in [2.75, 3.05) is 32.6 Å². The minimum absolute atomic E-state index is 0.0229. The van der Waals surface area contributed by atoms with Crippen molar-refractivity contribution in [2.45, 2.75) is 70.4 Å². The normalized spacial score (nSPS) is 20.9. The predicted octanol–water partition coefficient (Wildman–Crippen LogP) is 1.81. The van der Waals surface area contributed by atoms with E-state index >= 15 is 0 Å². The van der Waals surface area contributed by atoms with Gasteiger partial charge in [0.25, 0.3) is 13.9 Å². The van der Waals surface area contributed by atoms with E-state index in [1.54, 1.807) is 32.8 Å². The number of rotatable bonds is 12. The monoisotopic (exact) mass is 678 g/mol. The lowest BCUT2D eigenvalue weighted by atomic mass is 10.1. The summed E-state index contributed by atoms with van der Waals surface area (Å²) in [7, 11) is 0.430. The second kappa shape index (κ2) is 14.4. The summed E-state index contributed by atoms with van der Waals surface area (Å²) in [6.07, 6.45) is -3.62. The topological polar surface area (TPSA) is 164 Å². The standard InChI is InChI=1S/C34H46N6O7Si/c1-21(2)30(43)37-33-36-29-26(31(44)38-33)35-20-40(29)32-28(45-19-25(41)39(6)7)27(42)24(47-32)18-46-48(34(3,4)5,22-14-10-8-11-15-22)23-16-12-9-13-17-23/h8-17,20-21,24-25,27-28,32,41-42H,18-19H2,1-7H3,(H2,36,37,38,43,44)/t24-,25?,27?,28?,32-/m1/s1. The summed E-state index contributed by atoms with van der Waals surface area (Å²) in [6.45, 7) is 9.84. The van der Waals surface area contributed by atoms with Gasteiger partial charge in [0.1, 0.15) is 24.5 Å². The first-order chi connectivity index (χ1) is 22.7. The number of ether oxygens (including phenoxy) is 2. The maximum absolute atomic E-state index is 13.0. The molecule has 0 spiro atoms. The second-order valence-electron chi connectivity index (χ2n) is 13.7. The molecule has 258 valence electrons. The van der Waals surface area contributed by atoms with Crippen molar-refractivity contribution in [3.8, 4) is 0 Å². The van der Waals surface area contributed by atoms with Crippen molar-refractivity contribution < 1.29 is 28.9 Å². The number of likely N-dealkylation sites (N-methyl/N-ethyl adjacent to an activating group) is 1. The van der Waals surface area contributed by atoms with E-state index in [-0.39, 0.29) is 47.2 Å². The fraction of sp³-hybridized carbons (Fsp3) is 0.471. The molecule has 0 radical (unpaired) electrons. The Bertz CT molecular complexity index is 1700. The number of amides is 1. The number of hydrogen-bond donors (Lipinski definition) is 4. The minimum Gasteiger partial charge on any atom is -0.405 e. The van der Waals surface area contributed by atoms with E-state index in [0.29, 0.717) is 0 Å². The number of nitrogens with zero attached hydrogens (tertiary/aromatic N) is 4. The number of hydrogen-bond acceptors (Lipinski definition) is 10. The van der Waals surface area contributed by atoms with Crippen LogP contribution in [0.5, 0.6) is 0 Å². The van der Waals surface area contributed by atoms with Crippen LogP contribution in [0.3, 0.4) is 0 Å². The van der Waals surface area contributed by atoms with Crippen LogP contribution >= 0.6 is 0 Å². The zero-order chi connectivity index (χ0) is 34.8. The van der Waals surface area contributed by atoms with E-state index in [1.165, 1.54) is 10.9 Å². The first-order valence-corrected chi connectivity index (χ1v) is 18.0. The minimum atomic E-state index is -2.99. The Hall–Kier alpha value is -3.76. The molecular formula is C34H46N6O7Si. The van der Waals surface area contributed by atoms with E-state index in [1.807, 2.05) is 36.4 Å². The van der Waals surface area contributed by atoms with Crippen LogP contribution in [0.25, 0.3) is 11.2 Å². The highest BCUT2D eigenvalue weighted by Gasteiger charge is 2.53. The van der Waals surface area contributed by atoms with Crippen LogP contribution in [-0.4, -0.2) is 101 Å². The largest absolute Gasteiger partial charge is 0.405 e. The summed E-state index contributed by atoms with van der Waals surface area (Å²) < 4.78 is 21.3. The number of fused-ring (bicyclic) bond motifs is 1. The molecule has 1 amide bonds. The van der Waals surface area contributed by atoms with Crippen molar-refractivity contribution in [1.82, 2.24) is 24.4 Å². The molecule has 0 aliphatic carbocycles. The summed E-state index contributed by atoms with van der Waals surface area (Å²) in [4.78, 5) is 38.2. The lowest BCUT2D eigenvalue weighted by Gasteiger charge is -2.43. The average Bonchev–Trinajstić information content (AvgIpc) is 3.61. The molecule has 1 aliphatic heterocycles. The highest BCUT2D eigenvalue weighted by molar-refractivity contribution is 6.99. The van der Waals surface area contributed by atoms with Crippen molar-refractivity contribution in [2.24, 2.45) is 5.92 Å². The van der Waals surface area contributed by atoms with Gasteiger partial charge in [0.05, 0.1) is 19.5 Å². The highest BCUT2D eigenvalue weighted by Crippen LogP contribution is 2.39. The Kier molecular flexibility index (Phi) is 10.6. The number of H-pyrrole nitrogens is 1. The quantitative estimate of drug-likeness (QED) is 0.128. The maximum Gasteiger partial charge on any atom is 0.280 e. The number of aliphatic hydroxyl groups is 2. The van der Waals surface area contributed by atoms with Crippen molar-refractivity contribution in [3.63, 3.8) is 0 Å². The fourth-order valence-electron chi connectivity index (χ4n) is 6.01. The Morgan fingerprint density at radius 2 is 1.71 bits per heavy atom. The van der Waals surface area contributed by atoms with Crippen molar-refractivity contribution in [3.05, 3.63) is 77.3 Å². The van der Waals surface area contributed by atoms with Crippen LogP contribution < -0.4 is 21.2 Å². The lowest BCUT2D eigenvalue weighted by Crippen LogP contribution is -2.67. The molecule has 2 aromatic heterocycles. The molecule has 5 atom stereocenters. The molecular weight excluding hydrogens is 632 g/mol. The third kappa shape index (κ3) is 7.01. The predicted molar refractivity (Wildman–Crippen MR) is 185 cm³/mol. The van der Waals surface area contributed by atoms with E-state index in [2.05, 4.69) is 65.3 Å². The molecule has 5 rings (SSSR count). The van der Waals surface area contributed by atoms with Gasteiger partial charge in [-0.2, -0.15) is 4.98 Å². The second-order valence-corrected chi connectivity index (χ2v) is 18.0. The number of nitrogens with one attached hydrogen (secondary N) is 2. The average molecular weight is 679 g/mol. The molecule has 0 bridgehead atoms. The van der Waals surface area contributed by atoms with Crippen LogP contribution in [0.2, 0.25) is 5.04 Å². The van der Waals surface area contributed by atoms with Crippen LogP contribution in [0.1, 0.15) is 40.8 Å². The zero-order valence-electron chi connectivity index (χ0n) is 28.5. The van der Waals surface area contributed by atoms with Crippen molar-refractivity contribution in [1.29, 1.82) is 0 Å². The number of anilines is 1. The van der Waals surface area contributed by atoms with Gasteiger partial charge in [-0.05, 0) is 29.5 Å². The fourth-order valence-corrected chi connectivity index (χ4v) is 10.6. The summed E-state index contributed by atoms with van der Waals surface area (Å²) in [5, 5.41) is 26.8. The van der Waals surface area contributed by atoms with Gasteiger partial charge in [-0.15, -0.1) is 0 Å². The van der Waals surface area contributed by atoms with Gasteiger partial charge in [-0.1, -0.05) is 95.3 Å². The smallest absolute Gasteiger partial charge is 0.280 e. The third-order valence-corrected chi connectivity index (χ3v) is 13.7. The molecule has 1 aliphatic rings. The Morgan fingerprint density at radius 1 is 1.10 bits per heavy atom. The van der Waals surface area contributed by atoms with Crippen LogP contribution in [-0.2, 0) is 18.7 Å². The van der Waals surface area contributed by atoms with Gasteiger partial charge in [-0.25, -0.2) is 4.98 Å². The van der Waals surface area contributed by atoms with Crippen LogP contribution in [0, 0.1) is 5.92 Å². The molecule has 14 heteroatoms. The molecule has 3 unspecified atom stereocenters. The first-order valence-electron chi connectivity index (χ1n) is 16.1. The number of imidazole rings is 1. The van der Waals surface area contributed by atoms with E-state index < -0.39 is 44.6 Å². The number of carbonyl (C=O) groups is 1. The van der Waals surface area contributed by atoms with Crippen LogP contribution in [0.15, 0.2) is 71.8 Å². The molecule has 3 heterocycles. The van der Waals surface area contributed by atoms with Crippen molar-refractivity contribution >= 4 is 41.7 Å². The number of carbonyl (C=O) groups excluding carboxylic acids is 1. The molecule has 13 nitrogen and oxygen atoms in total. The SMILES string of the molecule is CC(C)C(=O)Nc1nc2c(ncn2[C@@H]2O[C@H](CO[Si](c3ccccc3)(c3ccccc3)C(C)(C)C)C(O)C2OCC(O)N(C)C)c(=O)[nH]1. The number of aliphatic hydroxyl groups excluding tert-OH is 2. The Balaban J connectivity index is 1.53. The molecule has 0 saturated carbocycles. The molecule has 4 aromatic rings. The van der Waals surface area contributed by atoms with Gasteiger partial charge in [0.2, 0.25) is 11.9 Å². The molecule has 2 aromatic carbocycles. The van der Waals surface area contributed by atoms with Gasteiger partial charge in [0.15, 0.2) is 17.4 Å². The van der Waals surface area contributed by atoms with Gasteiger partial charge in [0, 0.05) is 5.92 Å². The zero-order valence-corrected chi connectivity index (χ0v) is 29.5. The number of aromatic amines is 1. The first kappa shape index (κ1) is 35.5. The summed E-state index contributed by atoms with van der Waals surface area (Å²) in [5.74, 6) is -0.712. The van der Waals surface area contributed by atoms with E-state index in [0.717, 1.165) is 10.4 Å². The maximum atomic E-state index is 13.0. The van der Waals surface area contributed by atoms with Gasteiger partial charge < -0.3 is 24.1 Å². The summed E-state index contributed by atoms with van der Waals surface area (Å²) >= 11 is 0. The van der Waals surface area contributed by atoms with E-state index in [4.69, 9.17) is 13.9 Å². The Morgan fingerprint density at radius 3 is 2.25 bits per heavy atom. The number of aromatic nitrogens is 4. The molecule has 1 fully saturated rings. The molecule has 1 saturated heterocycles. The van der Waals surface area contributed by atoms with Crippen LogP contribution in [0.4, 0.5) is 5.95 Å². The summed E-state index contributed by atoms with van der Waals surface area (Å²) in [6, 6.07) is 20.3. The third-order valence-electron chi connectivity index (χ3n) is 8.70. The lowest BCUT2D eigenvalue weighted by molar-refractivity contribution is -0.118. The molecule has 48 heavy (non-hydrogen) atoms. The van der Waals surface area contributed by atoms with Gasteiger partial charge >= 0.3 is 0 Å². The summed E-state index contributed by atoms with van der Waals surface area (Å²) in [5.41, 5.74) is -0.400. The van der Waals surface area contributed by atoms with E-state index in [9.17, 15) is 19.8 Å².